The van der Waals surface area contributed by atoms with E-state index >= 15 is 0 Å². The van der Waals surface area contributed by atoms with E-state index in [4.69, 9.17) is 9.47 Å². The second kappa shape index (κ2) is 9.35. The molecule has 0 spiro atoms. The highest BCUT2D eigenvalue weighted by Gasteiger charge is 2.15. The summed E-state index contributed by atoms with van der Waals surface area (Å²) < 4.78 is 10.5. The topological polar surface area (TPSA) is 62.8 Å². The number of amides is 1. The van der Waals surface area contributed by atoms with Gasteiger partial charge in [-0.25, -0.2) is 0 Å². The number of ether oxygens (including phenoxy) is 2. The van der Waals surface area contributed by atoms with Crippen molar-refractivity contribution in [1.82, 2.24) is 0 Å². The largest absolute Gasteiger partial charge is 0.493 e. The van der Waals surface area contributed by atoms with Gasteiger partial charge in [-0.2, -0.15) is 0 Å². The van der Waals surface area contributed by atoms with Crippen LogP contribution in [-0.4, -0.2) is 39.3 Å². The number of benzene rings is 2. The molecule has 2 aromatic rings. The molecule has 0 unspecified atom stereocenters. The summed E-state index contributed by atoms with van der Waals surface area (Å²) in [6.07, 6.45) is 3.84. The molecule has 6 heteroatoms. The van der Waals surface area contributed by atoms with Crippen molar-refractivity contribution in [3.63, 3.8) is 0 Å². The van der Waals surface area contributed by atoms with Gasteiger partial charge < -0.3 is 25.0 Å². The predicted octanol–water partition coefficient (Wildman–Crippen LogP) is 4.13. The Balaban J connectivity index is 1.58. The van der Waals surface area contributed by atoms with Gasteiger partial charge in [0.1, 0.15) is 6.04 Å². The van der Waals surface area contributed by atoms with Crippen molar-refractivity contribution < 1.29 is 14.3 Å². The van der Waals surface area contributed by atoms with Crippen LogP contribution in [0.15, 0.2) is 42.5 Å². The summed E-state index contributed by atoms with van der Waals surface area (Å²) in [5.41, 5.74) is 2.83. The van der Waals surface area contributed by atoms with Crippen LogP contribution in [0.2, 0.25) is 0 Å². The quantitative estimate of drug-likeness (QED) is 0.753. The lowest BCUT2D eigenvalue weighted by Gasteiger charge is -2.29. The molecule has 0 aliphatic carbocycles. The molecule has 1 atom stereocenters. The highest BCUT2D eigenvalue weighted by molar-refractivity contribution is 5.96. The monoisotopic (exact) mass is 383 g/mol. The number of carbonyl (C=O) groups is 1. The van der Waals surface area contributed by atoms with Crippen molar-refractivity contribution in [1.29, 1.82) is 0 Å². The van der Waals surface area contributed by atoms with E-state index in [1.807, 2.05) is 19.1 Å². The van der Waals surface area contributed by atoms with Crippen LogP contribution < -0.4 is 25.0 Å². The zero-order chi connectivity index (χ0) is 19.9. The van der Waals surface area contributed by atoms with Gasteiger partial charge in [-0.3, -0.25) is 4.79 Å². The number of nitrogens with zero attached hydrogens (tertiary/aromatic N) is 1. The molecule has 0 saturated carbocycles. The van der Waals surface area contributed by atoms with E-state index in [1.54, 1.807) is 32.4 Å². The lowest BCUT2D eigenvalue weighted by atomic mass is 10.1. The molecule has 1 saturated heterocycles. The summed E-state index contributed by atoms with van der Waals surface area (Å²) in [7, 11) is 3.15. The van der Waals surface area contributed by atoms with Gasteiger partial charge in [0.15, 0.2) is 11.5 Å². The average Bonchev–Trinajstić information content (AvgIpc) is 2.74. The van der Waals surface area contributed by atoms with Crippen LogP contribution in [0, 0.1) is 0 Å². The van der Waals surface area contributed by atoms with Crippen molar-refractivity contribution in [2.24, 2.45) is 0 Å². The number of nitrogens with one attached hydrogen (secondary N) is 2. The van der Waals surface area contributed by atoms with Gasteiger partial charge in [0.2, 0.25) is 5.91 Å². The van der Waals surface area contributed by atoms with E-state index < -0.39 is 0 Å². The Morgan fingerprint density at radius 3 is 2.21 bits per heavy atom. The summed E-state index contributed by atoms with van der Waals surface area (Å²) >= 11 is 0. The lowest BCUT2D eigenvalue weighted by molar-refractivity contribution is -0.116. The van der Waals surface area contributed by atoms with Gasteiger partial charge >= 0.3 is 0 Å². The van der Waals surface area contributed by atoms with Gasteiger partial charge in [-0.05, 0) is 62.6 Å². The summed E-state index contributed by atoms with van der Waals surface area (Å²) in [6.45, 7) is 4.09. The first-order valence-corrected chi connectivity index (χ1v) is 9.75. The summed E-state index contributed by atoms with van der Waals surface area (Å²) in [5.74, 6) is 1.09. The molecule has 1 amide bonds. The molecule has 1 aliphatic heterocycles. The van der Waals surface area contributed by atoms with Crippen LogP contribution in [0.1, 0.15) is 26.2 Å². The first-order valence-electron chi connectivity index (χ1n) is 9.75. The van der Waals surface area contributed by atoms with E-state index in [9.17, 15) is 4.79 Å². The van der Waals surface area contributed by atoms with Crippen molar-refractivity contribution in [3.8, 4) is 11.5 Å². The normalized spacial score (nSPS) is 14.9. The second-order valence-corrected chi connectivity index (χ2v) is 7.02. The Labute approximate surface area is 166 Å². The maximum atomic E-state index is 12.5. The van der Waals surface area contributed by atoms with Crippen LogP contribution in [0.3, 0.4) is 0 Å². The molecule has 6 nitrogen and oxygen atoms in total. The van der Waals surface area contributed by atoms with Gasteiger partial charge in [0.05, 0.1) is 14.2 Å². The minimum atomic E-state index is -0.381. The fourth-order valence-corrected chi connectivity index (χ4v) is 3.40. The van der Waals surface area contributed by atoms with E-state index in [0.29, 0.717) is 17.2 Å². The van der Waals surface area contributed by atoms with E-state index in [0.717, 1.165) is 18.8 Å². The lowest BCUT2D eigenvalue weighted by Crippen LogP contribution is -2.32. The molecular formula is C22H29N3O3. The number of methoxy groups -OCH3 is 2. The second-order valence-electron chi connectivity index (χ2n) is 7.02. The minimum absolute atomic E-state index is 0.118. The fraction of sp³-hybridized carbons (Fsp3) is 0.409. The molecule has 150 valence electrons. The third kappa shape index (κ3) is 4.88. The number of carbonyl (C=O) groups excluding carboxylic acids is 1. The molecule has 2 N–H and O–H groups in total. The number of hydrogen-bond donors (Lipinski definition) is 2. The van der Waals surface area contributed by atoms with Gasteiger partial charge in [0, 0.05) is 36.2 Å². The summed E-state index contributed by atoms with van der Waals surface area (Å²) in [6, 6.07) is 13.2. The van der Waals surface area contributed by atoms with Crippen LogP contribution >= 0.6 is 0 Å². The Bertz CT molecular complexity index is 786. The Morgan fingerprint density at radius 2 is 1.57 bits per heavy atom. The molecule has 2 aromatic carbocycles. The smallest absolute Gasteiger partial charge is 0.246 e. The van der Waals surface area contributed by atoms with Crippen LogP contribution in [0.4, 0.5) is 17.1 Å². The third-order valence-electron chi connectivity index (χ3n) is 5.02. The maximum Gasteiger partial charge on any atom is 0.246 e. The Morgan fingerprint density at radius 1 is 0.929 bits per heavy atom. The van der Waals surface area contributed by atoms with Crippen molar-refractivity contribution >= 4 is 23.0 Å². The first-order chi connectivity index (χ1) is 13.6. The third-order valence-corrected chi connectivity index (χ3v) is 5.02. The van der Waals surface area contributed by atoms with Crippen molar-refractivity contribution in [2.45, 2.75) is 32.2 Å². The number of anilines is 3. The van der Waals surface area contributed by atoms with Crippen molar-refractivity contribution in [3.05, 3.63) is 42.5 Å². The van der Waals surface area contributed by atoms with Gasteiger partial charge in [0.25, 0.3) is 0 Å². The minimum Gasteiger partial charge on any atom is -0.493 e. The highest BCUT2D eigenvalue weighted by atomic mass is 16.5. The van der Waals surface area contributed by atoms with E-state index in [1.165, 1.54) is 24.9 Å². The molecule has 1 fully saturated rings. The van der Waals surface area contributed by atoms with Crippen LogP contribution in [-0.2, 0) is 4.79 Å². The predicted molar refractivity (Wildman–Crippen MR) is 114 cm³/mol. The number of hydrogen-bond acceptors (Lipinski definition) is 5. The maximum absolute atomic E-state index is 12.5. The SMILES string of the molecule is COc1ccc(NC(=O)[C@@H](C)Nc2ccc(N3CCCCC3)cc2)cc1OC. The molecule has 0 radical (unpaired) electrons. The molecule has 1 aliphatic rings. The average molecular weight is 383 g/mol. The summed E-state index contributed by atoms with van der Waals surface area (Å²) in [5, 5.41) is 6.16. The molecule has 0 bridgehead atoms. The molecular weight excluding hydrogens is 354 g/mol. The molecule has 0 aromatic heterocycles. The Hall–Kier alpha value is -2.89. The van der Waals surface area contributed by atoms with E-state index in [-0.39, 0.29) is 11.9 Å². The Kier molecular flexibility index (Phi) is 6.63. The zero-order valence-electron chi connectivity index (χ0n) is 16.8. The van der Waals surface area contributed by atoms with Gasteiger partial charge in [-0.15, -0.1) is 0 Å². The summed E-state index contributed by atoms with van der Waals surface area (Å²) in [4.78, 5) is 14.9. The zero-order valence-corrected chi connectivity index (χ0v) is 16.8. The first kappa shape index (κ1) is 19.9. The van der Waals surface area contributed by atoms with Crippen LogP contribution in [0.5, 0.6) is 11.5 Å². The molecule has 28 heavy (non-hydrogen) atoms. The number of piperidine rings is 1. The molecule has 1 heterocycles. The van der Waals surface area contributed by atoms with Crippen LogP contribution in [0.25, 0.3) is 0 Å². The molecule has 3 rings (SSSR count). The standard InChI is InChI=1S/C22H29N3O3/c1-16(22(26)24-18-9-12-20(27-2)21(15-18)28-3)23-17-7-10-19(11-8-17)25-13-5-4-6-14-25/h7-12,15-16,23H,4-6,13-14H2,1-3H3,(H,24,26)/t16-/m1/s1. The fourth-order valence-electron chi connectivity index (χ4n) is 3.40. The van der Waals surface area contributed by atoms with Crippen molar-refractivity contribution in [2.75, 3.05) is 42.8 Å². The number of rotatable bonds is 7. The van der Waals surface area contributed by atoms with Gasteiger partial charge in [-0.1, -0.05) is 0 Å². The highest BCUT2D eigenvalue weighted by Crippen LogP contribution is 2.30. The van der Waals surface area contributed by atoms with E-state index in [2.05, 4.69) is 27.7 Å².